The van der Waals surface area contributed by atoms with Crippen molar-refractivity contribution in [2.75, 3.05) is 13.7 Å². The third-order valence-electron chi connectivity index (χ3n) is 5.34. The van der Waals surface area contributed by atoms with Crippen LogP contribution in [0, 0.1) is 0 Å². The van der Waals surface area contributed by atoms with Gasteiger partial charge in [0, 0.05) is 17.1 Å². The minimum atomic E-state index is 0.627. The molecule has 4 nitrogen and oxygen atoms in total. The van der Waals surface area contributed by atoms with Crippen LogP contribution >= 0.6 is 11.6 Å². The predicted octanol–water partition coefficient (Wildman–Crippen LogP) is 7.26. The third kappa shape index (κ3) is 4.97. The maximum Gasteiger partial charge on any atom is 0.161 e. The molecule has 4 rings (SSSR count). The number of imidazole rings is 1. The molecule has 3 aromatic carbocycles. The zero-order valence-corrected chi connectivity index (χ0v) is 19.2. The quantitative estimate of drug-likeness (QED) is 0.254. The highest BCUT2D eigenvalue weighted by Gasteiger charge is 2.12. The van der Waals surface area contributed by atoms with Gasteiger partial charge >= 0.3 is 0 Å². The van der Waals surface area contributed by atoms with Crippen LogP contribution in [0.5, 0.6) is 11.5 Å². The molecule has 1 aromatic heterocycles. The first-order chi connectivity index (χ1) is 15.7. The molecule has 5 heteroatoms. The van der Waals surface area contributed by atoms with Gasteiger partial charge in [0.1, 0.15) is 5.82 Å². The number of aromatic nitrogens is 2. The van der Waals surface area contributed by atoms with Gasteiger partial charge in [-0.25, -0.2) is 4.98 Å². The van der Waals surface area contributed by atoms with E-state index in [2.05, 4.69) is 22.8 Å². The molecule has 1 heterocycles. The molecule has 0 aliphatic rings. The molecule has 164 valence electrons. The summed E-state index contributed by atoms with van der Waals surface area (Å²) in [4.78, 5) is 4.87. The Kier molecular flexibility index (Phi) is 7.13. The Bertz CT molecular complexity index is 1210. The summed E-state index contributed by atoms with van der Waals surface area (Å²) in [5, 5.41) is 0.725. The molecule has 0 fully saturated rings. The van der Waals surface area contributed by atoms with Gasteiger partial charge in [-0.05, 0) is 73.9 Å². The summed E-state index contributed by atoms with van der Waals surface area (Å²) < 4.78 is 13.8. The molecule has 0 radical (unpaired) electrons. The molecule has 32 heavy (non-hydrogen) atoms. The van der Waals surface area contributed by atoms with Crippen LogP contribution in [-0.2, 0) is 6.54 Å². The second kappa shape index (κ2) is 10.4. The second-order valence-corrected chi connectivity index (χ2v) is 7.98. The summed E-state index contributed by atoms with van der Waals surface area (Å²) in [7, 11) is 1.67. The van der Waals surface area contributed by atoms with Gasteiger partial charge in [-0.2, -0.15) is 0 Å². The number of methoxy groups -OCH3 is 1. The van der Waals surface area contributed by atoms with E-state index in [0.717, 1.165) is 63.9 Å². The monoisotopic (exact) mass is 446 g/mol. The van der Waals surface area contributed by atoms with Gasteiger partial charge in [-0.1, -0.05) is 42.0 Å². The van der Waals surface area contributed by atoms with Gasteiger partial charge in [-0.3, -0.25) is 0 Å². The van der Waals surface area contributed by atoms with E-state index < -0.39 is 0 Å². The number of aryl methyl sites for hydroxylation is 1. The van der Waals surface area contributed by atoms with Crippen molar-refractivity contribution in [3.8, 4) is 22.9 Å². The van der Waals surface area contributed by atoms with Crippen LogP contribution in [0.2, 0.25) is 5.02 Å². The summed E-state index contributed by atoms with van der Waals surface area (Å²) in [6, 6.07) is 22.1. The minimum Gasteiger partial charge on any atom is -0.493 e. The lowest BCUT2D eigenvalue weighted by Gasteiger charge is -2.12. The number of benzene rings is 3. The summed E-state index contributed by atoms with van der Waals surface area (Å²) in [5.74, 6) is 2.49. The van der Waals surface area contributed by atoms with Crippen LogP contribution in [0.3, 0.4) is 0 Å². The molecular weight excluding hydrogens is 420 g/mol. The smallest absolute Gasteiger partial charge is 0.161 e. The van der Waals surface area contributed by atoms with E-state index in [4.69, 9.17) is 26.1 Å². The highest BCUT2D eigenvalue weighted by Crippen LogP contribution is 2.29. The third-order valence-corrected chi connectivity index (χ3v) is 5.59. The van der Waals surface area contributed by atoms with E-state index in [0.29, 0.717) is 6.61 Å². The zero-order chi connectivity index (χ0) is 22.3. The van der Waals surface area contributed by atoms with Gasteiger partial charge in [0.15, 0.2) is 11.5 Å². The number of hydrogen-bond donors (Lipinski definition) is 0. The minimum absolute atomic E-state index is 0.627. The Labute approximate surface area is 194 Å². The van der Waals surface area contributed by atoms with Crippen molar-refractivity contribution in [2.24, 2.45) is 0 Å². The fraction of sp³-hybridized carbons (Fsp3) is 0.222. The maximum atomic E-state index is 6.08. The number of unbranched alkanes of at least 4 members (excludes halogenated alkanes) is 1. The molecule has 0 saturated heterocycles. The summed E-state index contributed by atoms with van der Waals surface area (Å²) in [6.45, 7) is 3.49. The summed E-state index contributed by atoms with van der Waals surface area (Å²) in [5.41, 5.74) is 4.30. The maximum absolute atomic E-state index is 6.08. The van der Waals surface area contributed by atoms with Crippen molar-refractivity contribution in [1.82, 2.24) is 9.55 Å². The van der Waals surface area contributed by atoms with Crippen LogP contribution < -0.4 is 9.47 Å². The highest BCUT2D eigenvalue weighted by molar-refractivity contribution is 6.30. The molecule has 0 amide bonds. The Morgan fingerprint density at radius 1 is 0.969 bits per heavy atom. The number of para-hydroxylation sites is 2. The van der Waals surface area contributed by atoms with Gasteiger partial charge in [0.05, 0.1) is 24.8 Å². The van der Waals surface area contributed by atoms with Crippen molar-refractivity contribution in [3.63, 3.8) is 0 Å². The van der Waals surface area contributed by atoms with E-state index in [-0.39, 0.29) is 0 Å². The molecule has 0 saturated carbocycles. The molecule has 0 N–H and O–H groups in total. The Balaban J connectivity index is 1.43. The largest absolute Gasteiger partial charge is 0.493 e. The Hall–Kier alpha value is -3.24. The molecule has 0 spiro atoms. The first kappa shape index (κ1) is 22.0. The van der Waals surface area contributed by atoms with Gasteiger partial charge in [-0.15, -0.1) is 0 Å². The van der Waals surface area contributed by atoms with Crippen molar-refractivity contribution >= 4 is 28.7 Å². The number of fused-ring (bicyclic) bond motifs is 1. The Morgan fingerprint density at radius 3 is 2.56 bits per heavy atom. The zero-order valence-electron chi connectivity index (χ0n) is 18.4. The van der Waals surface area contributed by atoms with E-state index in [1.165, 1.54) is 0 Å². The normalized spacial score (nSPS) is 11.3. The molecule has 4 aromatic rings. The molecule has 0 aliphatic heterocycles. The second-order valence-electron chi connectivity index (χ2n) is 7.55. The van der Waals surface area contributed by atoms with Crippen LogP contribution in [-0.4, -0.2) is 23.3 Å². The van der Waals surface area contributed by atoms with Crippen molar-refractivity contribution in [2.45, 2.75) is 26.3 Å². The summed E-state index contributed by atoms with van der Waals surface area (Å²) in [6.07, 6.45) is 5.94. The lowest BCUT2D eigenvalue weighted by atomic mass is 10.2. The summed E-state index contributed by atoms with van der Waals surface area (Å²) >= 11 is 6.08. The van der Waals surface area contributed by atoms with Crippen molar-refractivity contribution in [1.29, 1.82) is 0 Å². The molecular formula is C27H27ClN2O2. The van der Waals surface area contributed by atoms with Crippen LogP contribution in [0.4, 0.5) is 0 Å². The molecule has 0 aliphatic carbocycles. The number of allylic oxidation sites excluding steroid dienone is 1. The lowest BCUT2D eigenvalue weighted by molar-refractivity contribution is 0.284. The topological polar surface area (TPSA) is 36.3 Å². The van der Waals surface area contributed by atoms with E-state index in [1.54, 1.807) is 7.11 Å². The lowest BCUT2D eigenvalue weighted by Crippen LogP contribution is -2.04. The predicted molar refractivity (Wildman–Crippen MR) is 133 cm³/mol. The molecule has 0 unspecified atom stereocenters. The van der Waals surface area contributed by atoms with Gasteiger partial charge in [0.25, 0.3) is 0 Å². The SMILES string of the molecule is C/C=C/c1ccc(OCCCCn2c(-c3ccc(Cl)cc3)nc3ccccc32)c(OC)c1. The number of rotatable bonds is 9. The first-order valence-electron chi connectivity index (χ1n) is 10.8. The van der Waals surface area contributed by atoms with Crippen LogP contribution in [0.25, 0.3) is 28.5 Å². The van der Waals surface area contributed by atoms with Crippen LogP contribution in [0.1, 0.15) is 25.3 Å². The number of nitrogens with zero attached hydrogens (tertiary/aromatic N) is 2. The average Bonchev–Trinajstić information content (AvgIpc) is 3.18. The first-order valence-corrected chi connectivity index (χ1v) is 11.2. The number of ether oxygens (including phenoxy) is 2. The fourth-order valence-corrected chi connectivity index (χ4v) is 3.90. The van der Waals surface area contributed by atoms with Crippen LogP contribution in [0.15, 0.2) is 72.8 Å². The van der Waals surface area contributed by atoms with E-state index >= 15 is 0 Å². The fourth-order valence-electron chi connectivity index (χ4n) is 3.77. The Morgan fingerprint density at radius 2 is 1.78 bits per heavy atom. The van der Waals surface area contributed by atoms with Gasteiger partial charge < -0.3 is 14.0 Å². The van der Waals surface area contributed by atoms with Crippen molar-refractivity contribution < 1.29 is 9.47 Å². The molecule has 0 atom stereocenters. The van der Waals surface area contributed by atoms with Gasteiger partial charge in [0.2, 0.25) is 0 Å². The van der Waals surface area contributed by atoms with E-state index in [1.807, 2.05) is 67.6 Å². The average molecular weight is 447 g/mol. The number of halogens is 1. The van der Waals surface area contributed by atoms with Crippen molar-refractivity contribution in [3.05, 3.63) is 83.4 Å². The number of hydrogen-bond acceptors (Lipinski definition) is 3. The standard InChI is InChI=1S/C27H27ClN2O2/c1-3-8-20-11-16-25(26(19-20)31-2)32-18-7-6-17-30-24-10-5-4-9-23(24)29-27(30)21-12-14-22(28)15-13-21/h3-5,8-16,19H,6-7,17-18H2,1-2H3/b8-3+. The molecule has 0 bridgehead atoms. The highest BCUT2D eigenvalue weighted by atomic mass is 35.5. The van der Waals surface area contributed by atoms with E-state index in [9.17, 15) is 0 Å².